The zero-order valence-electron chi connectivity index (χ0n) is 14.4. The maximum absolute atomic E-state index is 13.2. The van der Waals surface area contributed by atoms with Gasteiger partial charge in [-0.25, -0.2) is 4.68 Å². The average Bonchev–Trinajstić information content (AvgIpc) is 3.07. The van der Waals surface area contributed by atoms with Gasteiger partial charge in [0.1, 0.15) is 10.6 Å². The Morgan fingerprint density at radius 1 is 0.815 bits per heavy atom. The van der Waals surface area contributed by atoms with Gasteiger partial charge >= 0.3 is 0 Å². The topological polar surface area (TPSA) is 49.8 Å². The first-order chi connectivity index (χ1) is 13.2. The van der Waals surface area contributed by atoms with Crippen LogP contribution in [0.5, 0.6) is 0 Å². The molecule has 0 spiro atoms. The van der Waals surface area contributed by atoms with Gasteiger partial charge in [0, 0.05) is 11.3 Å². The minimum absolute atomic E-state index is 0.187. The van der Waals surface area contributed by atoms with Gasteiger partial charge in [-0.05, 0) is 24.3 Å². The van der Waals surface area contributed by atoms with Crippen molar-refractivity contribution in [2.75, 3.05) is 5.32 Å². The monoisotopic (exact) mass is 371 g/mol. The summed E-state index contributed by atoms with van der Waals surface area (Å²) in [6.07, 6.45) is 0. The first-order valence-corrected chi connectivity index (χ1v) is 8.97. The third-order valence-electron chi connectivity index (χ3n) is 4.23. The third kappa shape index (κ3) is 3.45. The largest absolute Gasteiger partial charge is 0.346 e. The Labute approximate surface area is 162 Å². The Hall–Kier alpha value is -3.44. The zero-order valence-corrected chi connectivity index (χ0v) is 15.2. The van der Waals surface area contributed by atoms with Crippen LogP contribution in [0, 0.1) is 0 Å². The van der Waals surface area contributed by atoms with Gasteiger partial charge in [-0.3, -0.25) is 9.89 Å². The maximum atomic E-state index is 13.2. The molecule has 4 rings (SSSR count). The molecule has 3 aromatic carbocycles. The van der Waals surface area contributed by atoms with Crippen molar-refractivity contribution in [3.05, 3.63) is 107 Å². The standard InChI is InChI=1S/C22H17N3OS/c26-22-19(21(27)23-17-12-6-2-7-13-17)20(16-10-4-1-5-11-16)24-25(22)18-14-8-3-9-15-18/h1-15,24H,(H,23,27). The summed E-state index contributed by atoms with van der Waals surface area (Å²) < 4.78 is 1.52. The van der Waals surface area contributed by atoms with E-state index in [1.54, 1.807) is 0 Å². The first-order valence-electron chi connectivity index (χ1n) is 8.56. The highest BCUT2D eigenvalue weighted by Gasteiger charge is 2.20. The highest BCUT2D eigenvalue weighted by molar-refractivity contribution is 7.81. The number of H-pyrrole nitrogens is 1. The van der Waals surface area contributed by atoms with E-state index in [0.29, 0.717) is 16.2 Å². The van der Waals surface area contributed by atoms with Gasteiger partial charge < -0.3 is 5.32 Å². The molecule has 1 heterocycles. The molecule has 0 saturated heterocycles. The van der Waals surface area contributed by atoms with Crippen LogP contribution in [0.3, 0.4) is 0 Å². The van der Waals surface area contributed by atoms with E-state index in [9.17, 15) is 4.79 Å². The molecule has 0 unspecified atom stereocenters. The number of anilines is 1. The number of aromatic nitrogens is 2. The number of nitrogens with zero attached hydrogens (tertiary/aromatic N) is 1. The molecule has 0 fully saturated rings. The van der Waals surface area contributed by atoms with Crippen LogP contribution in [0.15, 0.2) is 95.8 Å². The van der Waals surface area contributed by atoms with Crippen LogP contribution in [0.4, 0.5) is 5.69 Å². The van der Waals surface area contributed by atoms with Gasteiger partial charge in [0.25, 0.3) is 5.56 Å². The molecular weight excluding hydrogens is 354 g/mol. The summed E-state index contributed by atoms with van der Waals surface area (Å²) in [5.74, 6) is 0. The van der Waals surface area contributed by atoms with Crippen LogP contribution < -0.4 is 10.9 Å². The van der Waals surface area contributed by atoms with Gasteiger partial charge in [0.15, 0.2) is 0 Å². The molecule has 0 atom stereocenters. The van der Waals surface area contributed by atoms with Crippen molar-refractivity contribution < 1.29 is 0 Å². The lowest BCUT2D eigenvalue weighted by Crippen LogP contribution is -2.23. The molecule has 1 aromatic heterocycles. The van der Waals surface area contributed by atoms with Gasteiger partial charge in [0.05, 0.1) is 11.4 Å². The van der Waals surface area contributed by atoms with Crippen molar-refractivity contribution in [3.8, 4) is 16.9 Å². The first kappa shape index (κ1) is 17.0. The Morgan fingerprint density at radius 3 is 2.00 bits per heavy atom. The van der Waals surface area contributed by atoms with Gasteiger partial charge in [0.2, 0.25) is 0 Å². The van der Waals surface area contributed by atoms with E-state index in [-0.39, 0.29) is 5.56 Å². The van der Waals surface area contributed by atoms with Crippen LogP contribution >= 0.6 is 12.2 Å². The van der Waals surface area contributed by atoms with E-state index in [1.807, 2.05) is 91.0 Å². The minimum atomic E-state index is -0.187. The summed E-state index contributed by atoms with van der Waals surface area (Å²) in [7, 11) is 0. The quantitative estimate of drug-likeness (QED) is 0.515. The van der Waals surface area contributed by atoms with Crippen molar-refractivity contribution in [1.82, 2.24) is 9.78 Å². The Kier molecular flexibility index (Phi) is 4.68. The molecule has 0 saturated carbocycles. The fourth-order valence-electron chi connectivity index (χ4n) is 2.94. The number of rotatable bonds is 4. The number of benzene rings is 3. The summed E-state index contributed by atoms with van der Waals surface area (Å²) >= 11 is 5.60. The predicted molar refractivity (Wildman–Crippen MR) is 114 cm³/mol. The minimum Gasteiger partial charge on any atom is -0.346 e. The van der Waals surface area contributed by atoms with E-state index in [1.165, 1.54) is 4.68 Å². The van der Waals surface area contributed by atoms with Crippen molar-refractivity contribution in [3.63, 3.8) is 0 Å². The number of para-hydroxylation sites is 2. The maximum Gasteiger partial charge on any atom is 0.282 e. The second-order valence-corrected chi connectivity index (χ2v) is 6.43. The van der Waals surface area contributed by atoms with Gasteiger partial charge in [-0.2, -0.15) is 0 Å². The van der Waals surface area contributed by atoms with E-state index in [4.69, 9.17) is 12.2 Å². The molecule has 132 valence electrons. The van der Waals surface area contributed by atoms with Crippen LogP contribution in [0.2, 0.25) is 0 Å². The molecule has 27 heavy (non-hydrogen) atoms. The SMILES string of the molecule is O=c1c(C(=S)Nc2ccccc2)c(-c2ccccc2)[nH]n1-c1ccccc1. The second kappa shape index (κ2) is 7.43. The van der Waals surface area contributed by atoms with Crippen molar-refractivity contribution in [1.29, 1.82) is 0 Å². The van der Waals surface area contributed by atoms with Crippen LogP contribution in [-0.2, 0) is 0 Å². The summed E-state index contributed by atoms with van der Waals surface area (Å²) in [5.41, 5.74) is 3.45. The molecule has 4 aromatic rings. The number of hydrogen-bond donors (Lipinski definition) is 2. The number of hydrogen-bond acceptors (Lipinski definition) is 2. The molecular formula is C22H17N3OS. The summed E-state index contributed by atoms with van der Waals surface area (Å²) in [6, 6.07) is 28.8. The summed E-state index contributed by atoms with van der Waals surface area (Å²) in [6.45, 7) is 0. The lowest BCUT2D eigenvalue weighted by atomic mass is 10.1. The molecule has 0 aliphatic heterocycles. The fourth-order valence-corrected chi connectivity index (χ4v) is 3.24. The Morgan fingerprint density at radius 2 is 1.37 bits per heavy atom. The normalized spacial score (nSPS) is 10.5. The van der Waals surface area contributed by atoms with Crippen LogP contribution in [-0.4, -0.2) is 14.8 Å². The van der Waals surface area contributed by atoms with Crippen molar-refractivity contribution in [2.45, 2.75) is 0 Å². The van der Waals surface area contributed by atoms with Gasteiger partial charge in [-0.15, -0.1) is 0 Å². The molecule has 2 N–H and O–H groups in total. The smallest absolute Gasteiger partial charge is 0.282 e. The lowest BCUT2D eigenvalue weighted by Gasteiger charge is -2.07. The summed E-state index contributed by atoms with van der Waals surface area (Å²) in [5, 5.41) is 6.40. The fraction of sp³-hybridized carbons (Fsp3) is 0. The van der Waals surface area contributed by atoms with E-state index < -0.39 is 0 Å². The molecule has 0 bridgehead atoms. The second-order valence-electron chi connectivity index (χ2n) is 6.02. The zero-order chi connectivity index (χ0) is 18.6. The Bertz CT molecular complexity index is 1120. The average molecular weight is 371 g/mol. The van der Waals surface area contributed by atoms with Crippen molar-refractivity contribution in [2.24, 2.45) is 0 Å². The molecule has 5 heteroatoms. The van der Waals surface area contributed by atoms with E-state index >= 15 is 0 Å². The Balaban J connectivity index is 1.85. The van der Waals surface area contributed by atoms with Crippen LogP contribution in [0.25, 0.3) is 16.9 Å². The predicted octanol–water partition coefficient (Wildman–Crippen LogP) is 4.62. The molecule has 0 aliphatic carbocycles. The van der Waals surface area contributed by atoms with Gasteiger partial charge in [-0.1, -0.05) is 78.9 Å². The molecule has 4 nitrogen and oxygen atoms in total. The summed E-state index contributed by atoms with van der Waals surface area (Å²) in [4.78, 5) is 13.6. The highest BCUT2D eigenvalue weighted by Crippen LogP contribution is 2.22. The van der Waals surface area contributed by atoms with E-state index in [0.717, 1.165) is 16.9 Å². The van der Waals surface area contributed by atoms with E-state index in [2.05, 4.69) is 10.4 Å². The number of nitrogens with one attached hydrogen (secondary N) is 2. The lowest BCUT2D eigenvalue weighted by molar-refractivity contribution is 0.852. The van der Waals surface area contributed by atoms with Crippen LogP contribution in [0.1, 0.15) is 5.56 Å². The molecule has 0 radical (unpaired) electrons. The molecule has 0 aliphatic rings. The molecule has 0 amide bonds. The highest BCUT2D eigenvalue weighted by atomic mass is 32.1. The number of aromatic amines is 1. The number of thiocarbonyl (C=S) groups is 1. The third-order valence-corrected chi connectivity index (χ3v) is 4.53. The van der Waals surface area contributed by atoms with Crippen molar-refractivity contribution >= 4 is 22.9 Å².